The molecular weight excluding hydrogens is 742 g/mol. The van der Waals surface area contributed by atoms with Crippen molar-refractivity contribution in [2.24, 2.45) is 10.4 Å². The summed E-state index contributed by atoms with van der Waals surface area (Å²) in [4.78, 5) is 45.3. The third kappa shape index (κ3) is 5.24. The lowest BCUT2D eigenvalue weighted by molar-refractivity contribution is -0.268. The van der Waals surface area contributed by atoms with Gasteiger partial charge in [-0.25, -0.2) is 4.99 Å². The maximum Gasteiger partial charge on any atom is 0.463 e. The molecule has 1 aromatic rings. The lowest BCUT2D eigenvalue weighted by Gasteiger charge is -2.40. The number of ketones is 1. The number of aliphatic hydroxyl groups excluding tert-OH is 1. The molecule has 0 spiro atoms. The van der Waals surface area contributed by atoms with Crippen molar-refractivity contribution in [3.63, 3.8) is 0 Å². The first-order valence-corrected chi connectivity index (χ1v) is 16.3. The van der Waals surface area contributed by atoms with E-state index in [1.54, 1.807) is 79.3 Å². The number of Topliss-reactive ketones (excluding diaryl/α,β-unsaturated/α-hetero) is 1. The third-order valence-electron chi connectivity index (χ3n) is 12.3. The second kappa shape index (κ2) is 11.4. The van der Waals surface area contributed by atoms with Gasteiger partial charge in [0.15, 0.2) is 0 Å². The number of allylic oxidation sites excluding steroid dienone is 6. The van der Waals surface area contributed by atoms with Gasteiger partial charge in [-0.3, -0.25) is 14.4 Å². The van der Waals surface area contributed by atoms with E-state index in [4.69, 9.17) is 0 Å². The van der Waals surface area contributed by atoms with Gasteiger partial charge in [0, 0.05) is 58.5 Å². The van der Waals surface area contributed by atoms with E-state index in [-0.39, 0.29) is 11.4 Å². The van der Waals surface area contributed by atoms with Crippen molar-refractivity contribution in [3.8, 4) is 0 Å². The van der Waals surface area contributed by atoms with Gasteiger partial charge in [-0.05, 0) is 63.1 Å². The predicted octanol–water partition coefficient (Wildman–Crippen LogP) is 8.22. The molecular formula is C36H36F10N4O4. The van der Waals surface area contributed by atoms with E-state index in [2.05, 4.69) is 4.99 Å². The van der Waals surface area contributed by atoms with Crippen molar-refractivity contribution in [2.45, 2.75) is 96.1 Å². The van der Waals surface area contributed by atoms with Crippen molar-refractivity contribution in [3.05, 3.63) is 63.6 Å². The Bertz CT molecular complexity index is 2080. The van der Waals surface area contributed by atoms with Crippen LogP contribution in [0.3, 0.4) is 0 Å². The van der Waals surface area contributed by atoms with Crippen LogP contribution in [0.2, 0.25) is 0 Å². The maximum atomic E-state index is 14.2. The van der Waals surface area contributed by atoms with Gasteiger partial charge in [0.25, 0.3) is 0 Å². The number of benzene rings is 1. The second-order valence-corrected chi connectivity index (χ2v) is 15.7. The first-order valence-electron chi connectivity index (χ1n) is 16.3. The van der Waals surface area contributed by atoms with Crippen molar-refractivity contribution in [1.29, 1.82) is 0 Å². The molecule has 0 bridgehead atoms. The van der Waals surface area contributed by atoms with E-state index < -0.39 is 103 Å². The number of nitrogens with one attached hydrogen (secondary N) is 1. The molecule has 1 fully saturated rings. The summed E-state index contributed by atoms with van der Waals surface area (Å²) < 4.78 is 136. The van der Waals surface area contributed by atoms with E-state index in [1.165, 1.54) is 17.5 Å². The molecule has 1 aromatic carbocycles. The molecule has 294 valence electrons. The van der Waals surface area contributed by atoms with E-state index in [0.717, 1.165) is 12.1 Å². The number of nitrogens with zero attached hydrogens (tertiary/aromatic N) is 3. The number of likely N-dealkylation sites (N-methyl/N-ethyl adjacent to an activating group) is 2. The Labute approximate surface area is 302 Å². The SMILES string of the molecule is CN1C2=CC(=NC(=O)C(F)(F)C(F)(F)F)/C(=C3\C(=O)C(c4cc5c(cc4NC(=O)C(F)(F)C(F)(F)F)N(C)C(C)(C)C5(C)C)=C3O)C=C2C(C)(C)C1(C)C. The van der Waals surface area contributed by atoms with Crippen LogP contribution in [0.5, 0.6) is 0 Å². The molecule has 2 amide bonds. The highest BCUT2D eigenvalue weighted by Gasteiger charge is 2.65. The fourth-order valence-corrected chi connectivity index (χ4v) is 6.96. The van der Waals surface area contributed by atoms with Crippen LogP contribution in [-0.4, -0.2) is 82.7 Å². The Balaban J connectivity index is 1.80. The standard InChI is InChI=1S/C36H36F10N4O4/c1-29(2)17-11-15(19(13-21(17)49(9)31(29,5)6)47-27(53)33(37,38)35(41,42)43)23-25(51)24(26(23)52)16-12-18-22(50(10)32(7,8)30(18,3)4)14-20(16)48-28(54)34(39,40)36(44,45)46/h11-14,51H,1-10H3,(H,47,53)/b24-16-,48-20?. The van der Waals surface area contributed by atoms with Crippen LogP contribution in [0, 0.1) is 5.41 Å². The zero-order chi connectivity index (χ0) is 41.5. The topological polar surface area (TPSA) is 102 Å². The van der Waals surface area contributed by atoms with Gasteiger partial charge in [-0.15, -0.1) is 0 Å². The molecule has 54 heavy (non-hydrogen) atoms. The minimum absolute atomic E-state index is 0.245. The molecule has 2 aliphatic heterocycles. The van der Waals surface area contributed by atoms with Crippen molar-refractivity contribution < 1.29 is 63.4 Å². The van der Waals surface area contributed by atoms with Crippen LogP contribution < -0.4 is 10.2 Å². The van der Waals surface area contributed by atoms with Crippen molar-refractivity contribution in [1.82, 2.24) is 4.90 Å². The average Bonchev–Trinajstić information content (AvgIpc) is 3.23. The van der Waals surface area contributed by atoms with Crippen LogP contribution in [0.4, 0.5) is 55.3 Å². The zero-order valence-electron chi connectivity index (χ0n) is 30.6. The van der Waals surface area contributed by atoms with Crippen LogP contribution in [0.15, 0.2) is 57.5 Å². The summed E-state index contributed by atoms with van der Waals surface area (Å²) in [6, 6.07) is 2.29. The first-order chi connectivity index (χ1) is 24.1. The molecule has 0 radical (unpaired) electrons. The highest BCUT2D eigenvalue weighted by atomic mass is 19.4. The van der Waals surface area contributed by atoms with Gasteiger partial charge >= 0.3 is 36.0 Å². The second-order valence-electron chi connectivity index (χ2n) is 15.7. The molecule has 8 nitrogen and oxygen atoms in total. The van der Waals surface area contributed by atoms with Crippen LogP contribution in [0.25, 0.3) is 5.57 Å². The van der Waals surface area contributed by atoms with E-state index in [9.17, 15) is 63.4 Å². The molecule has 2 aliphatic carbocycles. The highest BCUT2D eigenvalue weighted by Crippen LogP contribution is 2.57. The number of aliphatic hydroxyl groups is 1. The van der Waals surface area contributed by atoms with Gasteiger partial charge in [-0.2, -0.15) is 43.9 Å². The summed E-state index contributed by atoms with van der Waals surface area (Å²) >= 11 is 0. The Morgan fingerprint density at radius 2 is 1.26 bits per heavy atom. The smallest absolute Gasteiger partial charge is 0.463 e. The molecule has 1 saturated heterocycles. The number of aliphatic imine (C=N–C) groups is 1. The van der Waals surface area contributed by atoms with E-state index >= 15 is 0 Å². The summed E-state index contributed by atoms with van der Waals surface area (Å²) in [5, 5.41) is 13.0. The van der Waals surface area contributed by atoms with Crippen molar-refractivity contribution >= 4 is 40.3 Å². The van der Waals surface area contributed by atoms with Gasteiger partial charge in [0.05, 0.1) is 22.5 Å². The molecule has 0 atom stereocenters. The molecule has 4 aliphatic rings. The van der Waals surface area contributed by atoms with Gasteiger partial charge in [-0.1, -0.05) is 27.7 Å². The lowest BCUT2D eigenvalue weighted by atomic mass is 9.69. The number of likely N-dealkylation sites (tertiary alicyclic amines) is 1. The number of carbonyl (C=O) groups is 3. The third-order valence-corrected chi connectivity index (χ3v) is 12.3. The molecule has 0 unspecified atom stereocenters. The largest absolute Gasteiger partial charge is 0.506 e. The molecule has 2 heterocycles. The summed E-state index contributed by atoms with van der Waals surface area (Å²) in [6.07, 6.45) is -10.4. The maximum absolute atomic E-state index is 14.2. The van der Waals surface area contributed by atoms with E-state index in [1.807, 2.05) is 0 Å². The number of halogens is 10. The Kier molecular flexibility index (Phi) is 8.59. The minimum Gasteiger partial charge on any atom is -0.506 e. The van der Waals surface area contributed by atoms with Crippen LogP contribution in [-0.2, 0) is 19.8 Å². The van der Waals surface area contributed by atoms with Crippen molar-refractivity contribution in [2.75, 3.05) is 24.3 Å². The normalized spacial score (nSPS) is 23.9. The fourth-order valence-electron chi connectivity index (χ4n) is 6.96. The number of anilines is 2. The number of hydrogen-bond acceptors (Lipinski definition) is 6. The Hall–Kier alpha value is -4.64. The van der Waals surface area contributed by atoms with Crippen LogP contribution >= 0.6 is 0 Å². The number of carbonyl (C=O) groups excluding carboxylic acids is 3. The molecule has 18 heteroatoms. The summed E-state index contributed by atoms with van der Waals surface area (Å²) in [6.45, 7) is 14.2. The number of fused-ring (bicyclic) bond motifs is 2. The van der Waals surface area contributed by atoms with Gasteiger partial charge in [0.2, 0.25) is 5.78 Å². The zero-order valence-corrected chi connectivity index (χ0v) is 30.6. The number of rotatable bonds is 4. The molecule has 0 aromatic heterocycles. The van der Waals surface area contributed by atoms with E-state index in [0.29, 0.717) is 11.1 Å². The van der Waals surface area contributed by atoms with Crippen LogP contribution in [0.1, 0.15) is 66.5 Å². The predicted molar refractivity (Wildman–Crippen MR) is 178 cm³/mol. The van der Waals surface area contributed by atoms with Gasteiger partial charge in [0.1, 0.15) is 5.76 Å². The number of alkyl halides is 10. The highest BCUT2D eigenvalue weighted by molar-refractivity contribution is 6.42. The lowest BCUT2D eigenvalue weighted by Crippen LogP contribution is -2.49. The van der Waals surface area contributed by atoms with Gasteiger partial charge < -0.3 is 20.2 Å². The molecule has 2 N–H and O–H groups in total. The quantitative estimate of drug-likeness (QED) is 0.236. The average molecular weight is 779 g/mol. The first kappa shape index (κ1) is 40.5. The monoisotopic (exact) mass is 778 g/mol. The fraction of sp³-hybridized carbons (Fsp3) is 0.500. The molecule has 5 rings (SSSR count). The summed E-state index contributed by atoms with van der Waals surface area (Å²) in [7, 11) is 3.19. The summed E-state index contributed by atoms with van der Waals surface area (Å²) in [5.41, 5.74) is -5.87. The number of amides is 2. The summed E-state index contributed by atoms with van der Waals surface area (Å²) in [5.74, 6) is -19.7. The molecule has 0 saturated carbocycles. The number of hydrogen-bond donors (Lipinski definition) is 2. The Morgan fingerprint density at radius 1 is 0.741 bits per heavy atom. The minimum atomic E-state index is -6.34. The Morgan fingerprint density at radius 3 is 1.76 bits per heavy atom.